The lowest BCUT2D eigenvalue weighted by Crippen LogP contribution is -2.52. The molecule has 1 aromatic rings. The molecule has 0 unspecified atom stereocenters. The summed E-state index contributed by atoms with van der Waals surface area (Å²) in [6.07, 6.45) is 6.30. The van der Waals surface area contributed by atoms with Crippen LogP contribution < -0.4 is 10.6 Å². The molecular formula is C18H29Cl2N3O. The third-order valence-electron chi connectivity index (χ3n) is 5.11. The van der Waals surface area contributed by atoms with E-state index in [9.17, 15) is 4.79 Å². The first-order valence-electron chi connectivity index (χ1n) is 8.47. The predicted octanol–water partition coefficient (Wildman–Crippen LogP) is 3.36. The largest absolute Gasteiger partial charge is 0.371 e. The van der Waals surface area contributed by atoms with E-state index in [4.69, 9.17) is 5.73 Å². The molecule has 2 fully saturated rings. The summed E-state index contributed by atoms with van der Waals surface area (Å²) in [6.45, 7) is 2.88. The maximum absolute atomic E-state index is 12.7. The Kier molecular flexibility index (Phi) is 7.84. The number of nitrogens with two attached hydrogens (primary N) is 1. The van der Waals surface area contributed by atoms with Crippen LogP contribution in [0.3, 0.4) is 0 Å². The maximum atomic E-state index is 12.7. The van der Waals surface area contributed by atoms with Crippen molar-refractivity contribution < 1.29 is 4.79 Å². The Balaban J connectivity index is 0.00000144. The number of amides is 1. The average molecular weight is 374 g/mol. The van der Waals surface area contributed by atoms with Crippen molar-refractivity contribution in [3.8, 4) is 0 Å². The fourth-order valence-electron chi connectivity index (χ4n) is 3.84. The van der Waals surface area contributed by atoms with Gasteiger partial charge >= 0.3 is 0 Å². The number of likely N-dealkylation sites (N-methyl/N-ethyl adjacent to an activating group) is 1. The molecule has 0 bridgehead atoms. The van der Waals surface area contributed by atoms with Gasteiger partial charge in [0.2, 0.25) is 5.91 Å². The number of hydrogen-bond acceptors (Lipinski definition) is 3. The second-order valence-electron chi connectivity index (χ2n) is 6.85. The first-order chi connectivity index (χ1) is 10.6. The normalized spacial score (nSPS) is 18.7. The SMILES string of the molecule is CN(Cc1ccccc1N1CCCC1)C(=O)C1(N)CCCC1.Cl.Cl. The Morgan fingerprint density at radius 2 is 1.71 bits per heavy atom. The summed E-state index contributed by atoms with van der Waals surface area (Å²) < 4.78 is 0. The molecule has 4 nitrogen and oxygen atoms in total. The smallest absolute Gasteiger partial charge is 0.242 e. The van der Waals surface area contributed by atoms with Crippen molar-refractivity contribution in [3.63, 3.8) is 0 Å². The third-order valence-corrected chi connectivity index (χ3v) is 5.11. The van der Waals surface area contributed by atoms with Gasteiger partial charge in [0.25, 0.3) is 0 Å². The zero-order chi connectivity index (χ0) is 15.6. The van der Waals surface area contributed by atoms with Crippen LogP contribution in [0.5, 0.6) is 0 Å². The summed E-state index contributed by atoms with van der Waals surface area (Å²) in [5.74, 6) is 0.0984. The van der Waals surface area contributed by atoms with Crippen molar-refractivity contribution in [2.45, 2.75) is 50.6 Å². The lowest BCUT2D eigenvalue weighted by Gasteiger charge is -2.30. The summed E-state index contributed by atoms with van der Waals surface area (Å²) in [4.78, 5) is 16.9. The van der Waals surface area contributed by atoms with Crippen LogP contribution in [-0.2, 0) is 11.3 Å². The van der Waals surface area contributed by atoms with E-state index in [1.165, 1.54) is 24.1 Å². The van der Waals surface area contributed by atoms with Gasteiger partial charge in [0.1, 0.15) is 0 Å². The van der Waals surface area contributed by atoms with Gasteiger partial charge in [0, 0.05) is 32.4 Å². The number of carbonyl (C=O) groups excluding carboxylic acids is 1. The topological polar surface area (TPSA) is 49.6 Å². The molecule has 2 aliphatic rings. The van der Waals surface area contributed by atoms with E-state index < -0.39 is 5.54 Å². The minimum atomic E-state index is -0.628. The molecule has 1 aliphatic carbocycles. The van der Waals surface area contributed by atoms with Crippen LogP contribution in [0.1, 0.15) is 44.1 Å². The highest BCUT2D eigenvalue weighted by Gasteiger charge is 2.38. The van der Waals surface area contributed by atoms with Crippen molar-refractivity contribution >= 4 is 36.4 Å². The number of halogens is 2. The Morgan fingerprint density at radius 1 is 1.12 bits per heavy atom. The van der Waals surface area contributed by atoms with E-state index in [0.717, 1.165) is 38.8 Å². The zero-order valence-corrected chi connectivity index (χ0v) is 16.0. The molecule has 136 valence electrons. The third kappa shape index (κ3) is 4.35. The summed E-state index contributed by atoms with van der Waals surface area (Å²) in [5.41, 5.74) is 8.19. The number of anilines is 1. The fraction of sp³-hybridized carbons (Fsp3) is 0.611. The number of para-hydroxylation sites is 1. The van der Waals surface area contributed by atoms with Crippen molar-refractivity contribution in [2.24, 2.45) is 5.73 Å². The maximum Gasteiger partial charge on any atom is 0.242 e. The molecular weight excluding hydrogens is 345 g/mol. The number of rotatable bonds is 4. The van der Waals surface area contributed by atoms with Crippen LogP contribution >= 0.6 is 24.8 Å². The van der Waals surface area contributed by atoms with Gasteiger partial charge in [-0.15, -0.1) is 24.8 Å². The van der Waals surface area contributed by atoms with Gasteiger partial charge in [0.05, 0.1) is 5.54 Å². The van der Waals surface area contributed by atoms with E-state index in [-0.39, 0.29) is 30.7 Å². The summed E-state index contributed by atoms with van der Waals surface area (Å²) in [5, 5.41) is 0. The van der Waals surface area contributed by atoms with Crippen molar-refractivity contribution in [1.29, 1.82) is 0 Å². The minimum Gasteiger partial charge on any atom is -0.371 e. The van der Waals surface area contributed by atoms with Crippen molar-refractivity contribution in [1.82, 2.24) is 4.90 Å². The van der Waals surface area contributed by atoms with Gasteiger partial charge in [-0.3, -0.25) is 4.79 Å². The quantitative estimate of drug-likeness (QED) is 0.879. The molecule has 2 N–H and O–H groups in total. The highest BCUT2D eigenvalue weighted by Crippen LogP contribution is 2.30. The molecule has 6 heteroatoms. The molecule has 1 saturated heterocycles. The molecule has 1 aliphatic heterocycles. The number of benzene rings is 1. The number of hydrogen-bond donors (Lipinski definition) is 1. The molecule has 1 saturated carbocycles. The molecule has 0 spiro atoms. The summed E-state index contributed by atoms with van der Waals surface area (Å²) in [6, 6.07) is 8.45. The number of carbonyl (C=O) groups is 1. The molecule has 3 rings (SSSR count). The standard InChI is InChI=1S/C18H27N3O.2ClH/c1-20(17(22)18(19)10-4-5-11-18)14-15-8-2-3-9-16(15)21-12-6-7-13-21;;/h2-3,8-9H,4-7,10-14,19H2,1H3;2*1H. The van der Waals surface area contributed by atoms with E-state index in [1.807, 2.05) is 11.9 Å². The van der Waals surface area contributed by atoms with Crippen LogP contribution in [0, 0.1) is 0 Å². The van der Waals surface area contributed by atoms with Gasteiger partial charge in [-0.1, -0.05) is 31.0 Å². The van der Waals surface area contributed by atoms with Crippen molar-refractivity contribution in [3.05, 3.63) is 29.8 Å². The first-order valence-corrected chi connectivity index (χ1v) is 8.47. The molecule has 1 aromatic carbocycles. The van der Waals surface area contributed by atoms with Gasteiger partial charge in [-0.2, -0.15) is 0 Å². The Bertz CT molecular complexity index is 541. The molecule has 24 heavy (non-hydrogen) atoms. The fourth-order valence-corrected chi connectivity index (χ4v) is 3.84. The van der Waals surface area contributed by atoms with Crippen LogP contribution in [-0.4, -0.2) is 36.5 Å². The second-order valence-corrected chi connectivity index (χ2v) is 6.85. The zero-order valence-electron chi connectivity index (χ0n) is 14.4. The average Bonchev–Trinajstić information content (AvgIpc) is 3.19. The van der Waals surface area contributed by atoms with Crippen LogP contribution in [0.4, 0.5) is 5.69 Å². The Hall–Kier alpha value is -0.970. The summed E-state index contributed by atoms with van der Waals surface area (Å²) in [7, 11) is 1.88. The van der Waals surface area contributed by atoms with E-state index in [0.29, 0.717) is 6.54 Å². The van der Waals surface area contributed by atoms with Crippen LogP contribution in [0.2, 0.25) is 0 Å². The molecule has 1 amide bonds. The van der Waals surface area contributed by atoms with E-state index >= 15 is 0 Å². The van der Waals surface area contributed by atoms with Crippen molar-refractivity contribution in [2.75, 3.05) is 25.0 Å². The van der Waals surface area contributed by atoms with Crippen LogP contribution in [0.15, 0.2) is 24.3 Å². The molecule has 1 heterocycles. The van der Waals surface area contributed by atoms with E-state index in [1.54, 1.807) is 0 Å². The Morgan fingerprint density at radius 3 is 2.33 bits per heavy atom. The highest BCUT2D eigenvalue weighted by atomic mass is 35.5. The van der Waals surface area contributed by atoms with Gasteiger partial charge in [-0.25, -0.2) is 0 Å². The van der Waals surface area contributed by atoms with Gasteiger partial charge in [-0.05, 0) is 37.3 Å². The molecule has 0 radical (unpaired) electrons. The lowest BCUT2D eigenvalue weighted by molar-refractivity contribution is -0.136. The van der Waals surface area contributed by atoms with E-state index in [2.05, 4.69) is 29.2 Å². The van der Waals surface area contributed by atoms with Crippen LogP contribution in [0.25, 0.3) is 0 Å². The second kappa shape index (κ2) is 8.93. The molecule has 0 aromatic heterocycles. The monoisotopic (exact) mass is 373 g/mol. The minimum absolute atomic E-state index is 0. The predicted molar refractivity (Wildman–Crippen MR) is 104 cm³/mol. The number of nitrogens with zero attached hydrogens (tertiary/aromatic N) is 2. The van der Waals surface area contributed by atoms with Gasteiger partial charge < -0.3 is 15.5 Å². The first kappa shape index (κ1) is 21.1. The lowest BCUT2D eigenvalue weighted by atomic mass is 9.97. The summed E-state index contributed by atoms with van der Waals surface area (Å²) >= 11 is 0. The highest BCUT2D eigenvalue weighted by molar-refractivity contribution is 5.86. The van der Waals surface area contributed by atoms with Gasteiger partial charge in [0.15, 0.2) is 0 Å². The molecule has 0 atom stereocenters. The Labute approximate surface area is 157 Å².